The molecule has 1 saturated carbocycles. The summed E-state index contributed by atoms with van der Waals surface area (Å²) in [6, 6.07) is 15.9. The summed E-state index contributed by atoms with van der Waals surface area (Å²) in [6.07, 6.45) is 3.79. The minimum atomic E-state index is -0.486. The lowest BCUT2D eigenvalue weighted by Gasteiger charge is -2.35. The van der Waals surface area contributed by atoms with Gasteiger partial charge in [-0.3, -0.25) is 4.79 Å². The molecule has 1 aliphatic carbocycles. The summed E-state index contributed by atoms with van der Waals surface area (Å²) < 4.78 is 0. The van der Waals surface area contributed by atoms with Gasteiger partial charge in [-0.05, 0) is 54.9 Å². The average molecular weight is 405 g/mol. The molecule has 6 heteroatoms. The van der Waals surface area contributed by atoms with Gasteiger partial charge in [-0.15, -0.1) is 0 Å². The molecule has 0 spiro atoms. The third kappa shape index (κ3) is 3.98. The summed E-state index contributed by atoms with van der Waals surface area (Å²) in [5.74, 6) is 0.919. The van der Waals surface area contributed by atoms with Crippen LogP contribution in [0.2, 0.25) is 0 Å². The van der Waals surface area contributed by atoms with Gasteiger partial charge in [-0.25, -0.2) is 4.98 Å². The first-order valence-electron chi connectivity index (χ1n) is 10.8. The Morgan fingerprint density at radius 3 is 2.77 bits per heavy atom. The van der Waals surface area contributed by atoms with Crippen LogP contribution < -0.4 is 5.32 Å². The normalized spacial score (nSPS) is 26.6. The molecular formula is C24H28N4O2. The largest absolute Gasteiger partial charge is 0.391 e. The maximum absolute atomic E-state index is 12.8. The van der Waals surface area contributed by atoms with E-state index >= 15 is 0 Å². The van der Waals surface area contributed by atoms with Crippen molar-refractivity contribution < 1.29 is 9.90 Å². The Morgan fingerprint density at radius 1 is 1.13 bits per heavy atom. The number of aliphatic hydroxyl groups is 1. The highest BCUT2D eigenvalue weighted by atomic mass is 16.3. The molecular weight excluding hydrogens is 376 g/mol. The van der Waals surface area contributed by atoms with E-state index in [-0.39, 0.29) is 11.9 Å². The number of amides is 1. The van der Waals surface area contributed by atoms with Crippen LogP contribution in [0.5, 0.6) is 0 Å². The number of hydrogen-bond acceptors (Lipinski definition) is 4. The third-order valence-electron chi connectivity index (χ3n) is 6.78. The van der Waals surface area contributed by atoms with Crippen molar-refractivity contribution in [1.29, 1.82) is 0 Å². The lowest BCUT2D eigenvalue weighted by atomic mass is 9.77. The number of nitrogens with one attached hydrogen (secondary N) is 2. The first kappa shape index (κ1) is 19.3. The fraction of sp³-hybridized carbons (Fsp3) is 0.417. The van der Waals surface area contributed by atoms with Gasteiger partial charge >= 0.3 is 0 Å². The Bertz CT molecular complexity index is 1020. The minimum absolute atomic E-state index is 0.132. The summed E-state index contributed by atoms with van der Waals surface area (Å²) in [5.41, 5.74) is 3.65. The van der Waals surface area contributed by atoms with E-state index in [1.165, 1.54) is 5.56 Å². The second kappa shape index (κ2) is 8.20. The molecule has 0 bridgehead atoms. The number of carbonyl (C=O) groups is 1. The van der Waals surface area contributed by atoms with E-state index < -0.39 is 6.10 Å². The molecule has 2 aliphatic rings. The number of aliphatic hydroxyl groups excluding tert-OH is 1. The van der Waals surface area contributed by atoms with Crippen LogP contribution in [0.15, 0.2) is 54.9 Å². The molecule has 3 N–H and O–H groups in total. The lowest BCUT2D eigenvalue weighted by Crippen LogP contribution is -2.49. The number of fused-ring (bicyclic) bond motifs is 2. The van der Waals surface area contributed by atoms with Gasteiger partial charge in [0.2, 0.25) is 0 Å². The summed E-state index contributed by atoms with van der Waals surface area (Å²) in [5, 5.41) is 13.8. The van der Waals surface area contributed by atoms with Gasteiger partial charge < -0.3 is 20.3 Å². The smallest absolute Gasteiger partial charge is 0.251 e. The maximum Gasteiger partial charge on any atom is 0.251 e. The first-order chi connectivity index (χ1) is 14.7. The van der Waals surface area contributed by atoms with Gasteiger partial charge in [0, 0.05) is 25.2 Å². The molecule has 2 aromatic carbocycles. The maximum atomic E-state index is 12.8. The Hall–Kier alpha value is -2.70. The van der Waals surface area contributed by atoms with E-state index in [9.17, 15) is 9.90 Å². The predicted molar refractivity (Wildman–Crippen MR) is 116 cm³/mol. The monoisotopic (exact) mass is 404 g/mol. The molecule has 6 nitrogen and oxygen atoms in total. The van der Waals surface area contributed by atoms with Crippen molar-refractivity contribution in [2.24, 2.45) is 11.8 Å². The van der Waals surface area contributed by atoms with Crippen molar-refractivity contribution in [3.05, 3.63) is 66.0 Å². The Labute approximate surface area is 176 Å². The quantitative estimate of drug-likeness (QED) is 0.611. The molecule has 1 saturated heterocycles. The van der Waals surface area contributed by atoms with Crippen LogP contribution in [0.4, 0.5) is 0 Å². The van der Waals surface area contributed by atoms with Crippen LogP contribution in [0.3, 0.4) is 0 Å². The number of nitrogens with zero attached hydrogens (tertiary/aromatic N) is 2. The first-order valence-corrected chi connectivity index (χ1v) is 10.8. The summed E-state index contributed by atoms with van der Waals surface area (Å²) in [6.45, 7) is 3.15. The van der Waals surface area contributed by atoms with Crippen LogP contribution >= 0.6 is 0 Å². The Kier molecular flexibility index (Phi) is 5.27. The van der Waals surface area contributed by atoms with E-state index in [1.54, 1.807) is 12.4 Å². The SMILES string of the molecule is O=C(N[C@H]1C[C@H]2CN(CCc3ccccc3)C[C@H]2C[C@@H]1O)c1ccc2nc[nH]c2c1. The summed E-state index contributed by atoms with van der Waals surface area (Å²) >= 11 is 0. The molecule has 4 atom stereocenters. The highest BCUT2D eigenvalue weighted by molar-refractivity contribution is 5.97. The highest BCUT2D eigenvalue weighted by Gasteiger charge is 2.42. The van der Waals surface area contributed by atoms with E-state index in [1.807, 2.05) is 12.1 Å². The third-order valence-corrected chi connectivity index (χ3v) is 6.78. The zero-order chi connectivity index (χ0) is 20.5. The number of benzene rings is 2. The van der Waals surface area contributed by atoms with E-state index in [2.05, 4.69) is 50.5 Å². The number of hydrogen-bond donors (Lipinski definition) is 3. The summed E-state index contributed by atoms with van der Waals surface area (Å²) in [7, 11) is 0. The van der Waals surface area contributed by atoms with Crippen LogP contribution in [0, 0.1) is 11.8 Å². The molecule has 2 heterocycles. The zero-order valence-corrected chi connectivity index (χ0v) is 17.0. The van der Waals surface area contributed by atoms with Crippen LogP contribution in [-0.2, 0) is 6.42 Å². The molecule has 1 aliphatic heterocycles. The zero-order valence-electron chi connectivity index (χ0n) is 17.0. The van der Waals surface area contributed by atoms with Gasteiger partial charge in [-0.2, -0.15) is 0 Å². The molecule has 1 amide bonds. The van der Waals surface area contributed by atoms with Gasteiger partial charge in [-0.1, -0.05) is 30.3 Å². The number of aromatic nitrogens is 2. The number of rotatable bonds is 5. The second-order valence-corrected chi connectivity index (χ2v) is 8.77. The molecule has 30 heavy (non-hydrogen) atoms. The molecule has 156 valence electrons. The van der Waals surface area contributed by atoms with Gasteiger partial charge in [0.1, 0.15) is 0 Å². The predicted octanol–water partition coefficient (Wildman–Crippen LogP) is 2.61. The van der Waals surface area contributed by atoms with Crippen molar-refractivity contribution in [2.75, 3.05) is 19.6 Å². The van der Waals surface area contributed by atoms with Crippen LogP contribution in [0.1, 0.15) is 28.8 Å². The number of carbonyl (C=O) groups excluding carboxylic acids is 1. The molecule has 0 radical (unpaired) electrons. The van der Waals surface area contributed by atoms with Gasteiger partial charge in [0.05, 0.1) is 29.5 Å². The summed E-state index contributed by atoms with van der Waals surface area (Å²) in [4.78, 5) is 22.5. The van der Waals surface area contributed by atoms with Crippen LogP contribution in [0.25, 0.3) is 11.0 Å². The molecule has 1 aromatic heterocycles. The number of imidazole rings is 1. The van der Waals surface area contributed by atoms with Crippen molar-refractivity contribution in [3.63, 3.8) is 0 Å². The molecule has 0 unspecified atom stereocenters. The second-order valence-electron chi connectivity index (χ2n) is 8.77. The molecule has 2 fully saturated rings. The van der Waals surface area contributed by atoms with E-state index in [0.717, 1.165) is 49.9 Å². The van der Waals surface area contributed by atoms with Crippen molar-refractivity contribution in [2.45, 2.75) is 31.4 Å². The van der Waals surface area contributed by atoms with Crippen molar-refractivity contribution >= 4 is 16.9 Å². The number of likely N-dealkylation sites (tertiary alicyclic amines) is 1. The number of H-pyrrole nitrogens is 1. The van der Waals surface area contributed by atoms with E-state index in [4.69, 9.17) is 0 Å². The minimum Gasteiger partial charge on any atom is -0.391 e. The fourth-order valence-corrected chi connectivity index (χ4v) is 5.13. The highest BCUT2D eigenvalue weighted by Crippen LogP contribution is 2.36. The van der Waals surface area contributed by atoms with Crippen molar-refractivity contribution in [1.82, 2.24) is 20.2 Å². The average Bonchev–Trinajstić information content (AvgIpc) is 3.39. The van der Waals surface area contributed by atoms with Crippen LogP contribution in [-0.4, -0.2) is 57.7 Å². The van der Waals surface area contributed by atoms with Crippen molar-refractivity contribution in [3.8, 4) is 0 Å². The molecule has 3 aromatic rings. The topological polar surface area (TPSA) is 81.2 Å². The van der Waals surface area contributed by atoms with E-state index in [0.29, 0.717) is 17.4 Å². The Balaban J connectivity index is 1.18. The molecule has 5 rings (SSSR count). The number of aromatic amines is 1. The standard InChI is InChI=1S/C24H28N4O2/c29-23-12-19-14-28(9-8-16-4-2-1-3-5-16)13-18(19)11-22(23)27-24(30)17-6-7-20-21(10-17)26-15-25-20/h1-7,10,15,18-19,22-23,29H,8-9,11-14H2,(H,25,26)(H,27,30)/t18-,19+,22-,23-/m0/s1. The van der Waals surface area contributed by atoms with Gasteiger partial charge in [0.25, 0.3) is 5.91 Å². The fourth-order valence-electron chi connectivity index (χ4n) is 5.13. The Morgan fingerprint density at radius 2 is 1.93 bits per heavy atom. The lowest BCUT2D eigenvalue weighted by molar-refractivity contribution is 0.0461. The van der Waals surface area contributed by atoms with Gasteiger partial charge in [0.15, 0.2) is 0 Å².